The van der Waals surface area contributed by atoms with Crippen molar-refractivity contribution in [2.75, 3.05) is 0 Å². The SMILES string of the molecule is CC(C)(C)OCc1nnc(CNC2CC2)s1. The Morgan fingerprint density at radius 3 is 2.62 bits per heavy atom. The van der Waals surface area contributed by atoms with Gasteiger partial charge in [-0.25, -0.2) is 0 Å². The molecule has 1 saturated carbocycles. The Labute approximate surface area is 100 Å². The molecule has 0 atom stereocenters. The maximum Gasteiger partial charge on any atom is 0.143 e. The summed E-state index contributed by atoms with van der Waals surface area (Å²) in [6.45, 7) is 7.54. The summed E-state index contributed by atoms with van der Waals surface area (Å²) in [5.74, 6) is 0. The fourth-order valence-electron chi connectivity index (χ4n) is 1.22. The van der Waals surface area contributed by atoms with Crippen molar-refractivity contribution < 1.29 is 4.74 Å². The predicted molar refractivity (Wildman–Crippen MR) is 64.3 cm³/mol. The second kappa shape index (κ2) is 4.77. The second-order valence-electron chi connectivity index (χ2n) is 5.15. The highest BCUT2D eigenvalue weighted by Gasteiger charge is 2.20. The molecule has 2 rings (SSSR count). The molecule has 0 unspecified atom stereocenters. The molecule has 0 radical (unpaired) electrons. The minimum absolute atomic E-state index is 0.113. The first kappa shape index (κ1) is 12.0. The quantitative estimate of drug-likeness (QED) is 0.857. The van der Waals surface area contributed by atoms with Gasteiger partial charge < -0.3 is 10.1 Å². The van der Waals surface area contributed by atoms with Gasteiger partial charge in [-0.2, -0.15) is 0 Å². The van der Waals surface area contributed by atoms with Crippen LogP contribution in [0.5, 0.6) is 0 Å². The Kier molecular flexibility index (Phi) is 3.56. The van der Waals surface area contributed by atoms with E-state index in [0.717, 1.165) is 22.6 Å². The minimum atomic E-state index is -0.113. The Hall–Kier alpha value is -0.520. The van der Waals surface area contributed by atoms with Crippen molar-refractivity contribution >= 4 is 11.3 Å². The van der Waals surface area contributed by atoms with E-state index in [-0.39, 0.29) is 5.60 Å². The van der Waals surface area contributed by atoms with Gasteiger partial charge in [-0.05, 0) is 33.6 Å². The average Bonchev–Trinajstić information content (AvgIpc) is 2.91. The molecule has 0 aliphatic heterocycles. The van der Waals surface area contributed by atoms with Crippen molar-refractivity contribution in [2.24, 2.45) is 0 Å². The van der Waals surface area contributed by atoms with Crippen molar-refractivity contribution in [1.29, 1.82) is 0 Å². The first-order chi connectivity index (χ1) is 7.53. The van der Waals surface area contributed by atoms with Crippen LogP contribution in [0.3, 0.4) is 0 Å². The number of aromatic nitrogens is 2. The summed E-state index contributed by atoms with van der Waals surface area (Å²) in [5, 5.41) is 13.7. The van der Waals surface area contributed by atoms with Crippen molar-refractivity contribution in [3.63, 3.8) is 0 Å². The lowest BCUT2D eigenvalue weighted by molar-refractivity contribution is -0.0152. The van der Waals surface area contributed by atoms with E-state index >= 15 is 0 Å². The molecular formula is C11H19N3OS. The molecule has 1 aromatic heterocycles. The third-order valence-electron chi connectivity index (χ3n) is 2.26. The third-order valence-corrected chi connectivity index (χ3v) is 3.15. The second-order valence-corrected chi connectivity index (χ2v) is 6.29. The minimum Gasteiger partial charge on any atom is -0.369 e. The molecule has 1 aliphatic rings. The third kappa shape index (κ3) is 4.15. The lowest BCUT2D eigenvalue weighted by Gasteiger charge is -2.17. The van der Waals surface area contributed by atoms with Gasteiger partial charge in [0.25, 0.3) is 0 Å². The van der Waals surface area contributed by atoms with Crippen molar-refractivity contribution in [3.05, 3.63) is 10.0 Å². The first-order valence-electron chi connectivity index (χ1n) is 5.71. The van der Waals surface area contributed by atoms with E-state index in [1.807, 2.05) is 20.8 Å². The van der Waals surface area contributed by atoms with Gasteiger partial charge in [0.15, 0.2) is 0 Å². The monoisotopic (exact) mass is 241 g/mol. The summed E-state index contributed by atoms with van der Waals surface area (Å²) in [6, 6.07) is 0.721. The highest BCUT2D eigenvalue weighted by atomic mass is 32.1. The largest absolute Gasteiger partial charge is 0.369 e. The van der Waals surface area contributed by atoms with Crippen LogP contribution in [0.4, 0.5) is 0 Å². The van der Waals surface area contributed by atoms with Gasteiger partial charge in [0, 0.05) is 12.6 Å². The molecule has 0 spiro atoms. The summed E-state index contributed by atoms with van der Waals surface area (Å²) < 4.78 is 5.65. The molecule has 5 heteroatoms. The molecule has 1 aromatic rings. The van der Waals surface area contributed by atoms with Crippen LogP contribution < -0.4 is 5.32 Å². The van der Waals surface area contributed by atoms with Crippen molar-refractivity contribution in [3.8, 4) is 0 Å². The molecule has 0 aromatic carbocycles. The highest BCUT2D eigenvalue weighted by Crippen LogP contribution is 2.20. The first-order valence-corrected chi connectivity index (χ1v) is 6.53. The summed E-state index contributed by atoms with van der Waals surface area (Å²) in [5.41, 5.74) is -0.113. The normalized spacial score (nSPS) is 16.7. The van der Waals surface area contributed by atoms with Gasteiger partial charge in [0.2, 0.25) is 0 Å². The van der Waals surface area contributed by atoms with Gasteiger partial charge in [-0.1, -0.05) is 11.3 Å². The predicted octanol–water partition coefficient (Wildman–Crippen LogP) is 2.11. The summed E-state index contributed by atoms with van der Waals surface area (Å²) in [6.07, 6.45) is 2.61. The number of ether oxygens (including phenoxy) is 1. The van der Waals surface area contributed by atoms with E-state index in [1.165, 1.54) is 12.8 Å². The lowest BCUT2D eigenvalue weighted by Crippen LogP contribution is -2.18. The molecule has 90 valence electrons. The number of hydrogen-bond donors (Lipinski definition) is 1. The maximum absolute atomic E-state index is 5.65. The van der Waals surface area contributed by atoms with Gasteiger partial charge in [-0.3, -0.25) is 0 Å². The molecule has 1 heterocycles. The van der Waals surface area contributed by atoms with Crippen LogP contribution in [-0.4, -0.2) is 21.8 Å². The van der Waals surface area contributed by atoms with Gasteiger partial charge >= 0.3 is 0 Å². The van der Waals surface area contributed by atoms with Crippen LogP contribution in [0.2, 0.25) is 0 Å². The van der Waals surface area contributed by atoms with Crippen molar-refractivity contribution in [2.45, 2.75) is 58.4 Å². The molecule has 0 saturated heterocycles. The van der Waals surface area contributed by atoms with Crippen LogP contribution in [0.15, 0.2) is 0 Å². The van der Waals surface area contributed by atoms with E-state index in [4.69, 9.17) is 4.74 Å². The zero-order valence-corrected chi connectivity index (χ0v) is 10.9. The molecule has 16 heavy (non-hydrogen) atoms. The van der Waals surface area contributed by atoms with Crippen LogP contribution in [0.1, 0.15) is 43.6 Å². The molecule has 1 aliphatic carbocycles. The maximum atomic E-state index is 5.65. The van der Waals surface area contributed by atoms with E-state index in [9.17, 15) is 0 Å². The Morgan fingerprint density at radius 1 is 1.31 bits per heavy atom. The van der Waals surface area contributed by atoms with Crippen LogP contribution in [0, 0.1) is 0 Å². The Balaban J connectivity index is 1.77. The lowest BCUT2D eigenvalue weighted by atomic mass is 10.2. The van der Waals surface area contributed by atoms with Crippen LogP contribution >= 0.6 is 11.3 Å². The fraction of sp³-hybridized carbons (Fsp3) is 0.818. The number of hydrogen-bond acceptors (Lipinski definition) is 5. The number of nitrogens with one attached hydrogen (secondary N) is 1. The summed E-state index contributed by atoms with van der Waals surface area (Å²) in [7, 11) is 0. The molecular weight excluding hydrogens is 222 g/mol. The fourth-order valence-corrected chi connectivity index (χ4v) is 1.92. The van der Waals surface area contributed by atoms with Crippen LogP contribution in [0.25, 0.3) is 0 Å². The average molecular weight is 241 g/mol. The zero-order valence-electron chi connectivity index (χ0n) is 10.1. The summed E-state index contributed by atoms with van der Waals surface area (Å²) >= 11 is 1.63. The van der Waals surface area contributed by atoms with Gasteiger partial charge in [0.05, 0.1) is 5.60 Å². The molecule has 0 amide bonds. The number of nitrogens with zero attached hydrogens (tertiary/aromatic N) is 2. The van der Waals surface area contributed by atoms with Gasteiger partial charge in [-0.15, -0.1) is 10.2 Å². The molecule has 1 N–H and O–H groups in total. The molecule has 0 bridgehead atoms. The smallest absolute Gasteiger partial charge is 0.143 e. The molecule has 4 nitrogen and oxygen atoms in total. The highest BCUT2D eigenvalue weighted by molar-refractivity contribution is 7.11. The standard InChI is InChI=1S/C11H19N3OS/c1-11(2,3)15-7-10-14-13-9(16-10)6-12-8-4-5-8/h8,12H,4-7H2,1-3H3. The Morgan fingerprint density at radius 2 is 2.00 bits per heavy atom. The number of rotatable bonds is 5. The van der Waals surface area contributed by atoms with E-state index in [0.29, 0.717) is 6.61 Å². The van der Waals surface area contributed by atoms with E-state index in [1.54, 1.807) is 11.3 Å². The van der Waals surface area contributed by atoms with E-state index in [2.05, 4.69) is 15.5 Å². The van der Waals surface area contributed by atoms with Gasteiger partial charge in [0.1, 0.15) is 16.6 Å². The van der Waals surface area contributed by atoms with Crippen molar-refractivity contribution in [1.82, 2.24) is 15.5 Å². The summed E-state index contributed by atoms with van der Waals surface area (Å²) in [4.78, 5) is 0. The Bertz CT molecular complexity index is 341. The molecule has 1 fully saturated rings. The van der Waals surface area contributed by atoms with Crippen LogP contribution in [-0.2, 0) is 17.9 Å². The van der Waals surface area contributed by atoms with E-state index < -0.39 is 0 Å². The topological polar surface area (TPSA) is 47.0 Å². The zero-order chi connectivity index (χ0) is 11.6.